The fourth-order valence-electron chi connectivity index (χ4n) is 4.80. The normalized spacial score (nSPS) is 21.3. The van der Waals surface area contributed by atoms with E-state index in [4.69, 9.17) is 4.84 Å². The first-order valence-corrected chi connectivity index (χ1v) is 11.1. The number of anilines is 2. The Morgan fingerprint density at radius 2 is 1.62 bits per heavy atom. The number of carbonyl (C=O) groups excluding carboxylic acids is 3. The molecule has 1 atom stereocenters. The maximum Gasteiger partial charge on any atom is 0.357 e. The third-order valence-electron chi connectivity index (χ3n) is 6.43. The average Bonchev–Trinajstić information content (AvgIpc) is 3.24. The number of hydrogen-bond acceptors (Lipinski definition) is 7. The van der Waals surface area contributed by atoms with Crippen molar-refractivity contribution >= 4 is 29.2 Å². The number of amides is 2. The molecule has 2 amide bonds. The van der Waals surface area contributed by atoms with Gasteiger partial charge in [0.05, 0.1) is 18.7 Å². The van der Waals surface area contributed by atoms with Crippen LogP contribution < -0.4 is 15.1 Å². The van der Waals surface area contributed by atoms with Crippen LogP contribution >= 0.6 is 0 Å². The molecule has 2 fully saturated rings. The molecule has 2 saturated heterocycles. The van der Waals surface area contributed by atoms with Crippen molar-refractivity contribution in [2.45, 2.75) is 25.3 Å². The molecule has 5 rings (SSSR count). The quantitative estimate of drug-likeness (QED) is 0.734. The second kappa shape index (κ2) is 8.63. The van der Waals surface area contributed by atoms with Gasteiger partial charge in [0, 0.05) is 43.0 Å². The summed E-state index contributed by atoms with van der Waals surface area (Å²) in [4.78, 5) is 46.2. The summed E-state index contributed by atoms with van der Waals surface area (Å²) in [7, 11) is 0. The largest absolute Gasteiger partial charge is 0.368 e. The molecule has 3 aliphatic rings. The number of benzene rings is 2. The molecule has 0 aliphatic carbocycles. The van der Waals surface area contributed by atoms with Gasteiger partial charge in [0.1, 0.15) is 6.04 Å². The van der Waals surface area contributed by atoms with Crippen LogP contribution in [0.25, 0.3) is 0 Å². The van der Waals surface area contributed by atoms with Crippen LogP contribution in [0.3, 0.4) is 0 Å². The lowest BCUT2D eigenvalue weighted by Crippen LogP contribution is -2.52. The molecular weight excluding hydrogens is 408 g/mol. The Balaban J connectivity index is 1.25. The molecule has 166 valence electrons. The zero-order valence-corrected chi connectivity index (χ0v) is 17.8. The fourth-order valence-corrected chi connectivity index (χ4v) is 4.80. The van der Waals surface area contributed by atoms with Crippen LogP contribution in [0, 0.1) is 0 Å². The van der Waals surface area contributed by atoms with Crippen LogP contribution in [0.15, 0.2) is 48.5 Å². The number of rotatable bonds is 4. The molecule has 0 saturated carbocycles. The van der Waals surface area contributed by atoms with Crippen LogP contribution in [0.2, 0.25) is 0 Å². The highest BCUT2D eigenvalue weighted by Gasteiger charge is 2.36. The zero-order chi connectivity index (χ0) is 22.1. The van der Waals surface area contributed by atoms with Gasteiger partial charge in [0.25, 0.3) is 0 Å². The molecule has 8 nitrogen and oxygen atoms in total. The predicted molar refractivity (Wildman–Crippen MR) is 119 cm³/mol. The van der Waals surface area contributed by atoms with E-state index in [1.54, 1.807) is 17.2 Å². The smallest absolute Gasteiger partial charge is 0.357 e. The molecule has 3 heterocycles. The third kappa shape index (κ3) is 3.93. The lowest BCUT2D eigenvalue weighted by molar-refractivity contribution is -0.134. The maximum atomic E-state index is 12.4. The van der Waals surface area contributed by atoms with Crippen molar-refractivity contribution in [1.29, 1.82) is 0 Å². The van der Waals surface area contributed by atoms with Crippen LogP contribution in [-0.2, 0) is 20.8 Å². The lowest BCUT2D eigenvalue weighted by Gasteiger charge is -2.36. The summed E-state index contributed by atoms with van der Waals surface area (Å²) in [5.74, 6) is -0.724. The minimum atomic E-state index is -0.334. The summed E-state index contributed by atoms with van der Waals surface area (Å²) in [5.41, 5.74) is 4.04. The number of piperazine rings is 1. The van der Waals surface area contributed by atoms with E-state index in [0.717, 1.165) is 31.7 Å². The number of hydrogen-bond donors (Lipinski definition) is 1. The Kier molecular flexibility index (Phi) is 5.53. The Morgan fingerprint density at radius 1 is 0.875 bits per heavy atom. The number of nitrogens with zero attached hydrogens (tertiary/aromatic N) is 3. The Hall–Kier alpha value is -3.39. The highest BCUT2D eigenvalue weighted by atomic mass is 16.7. The van der Waals surface area contributed by atoms with Gasteiger partial charge in [0.2, 0.25) is 11.8 Å². The van der Waals surface area contributed by atoms with Crippen LogP contribution in [0.5, 0.6) is 0 Å². The number of nitrogens with one attached hydrogen (secondary N) is 1. The monoisotopic (exact) mass is 434 g/mol. The Morgan fingerprint density at radius 3 is 2.38 bits per heavy atom. The van der Waals surface area contributed by atoms with Crippen molar-refractivity contribution in [3.63, 3.8) is 0 Å². The number of carbonyl (C=O) groups is 3. The number of fused-ring (bicyclic) bond motifs is 1. The van der Waals surface area contributed by atoms with Gasteiger partial charge in [0.15, 0.2) is 0 Å². The molecule has 2 aromatic carbocycles. The van der Waals surface area contributed by atoms with Crippen molar-refractivity contribution in [3.8, 4) is 0 Å². The molecule has 0 spiro atoms. The Labute approximate surface area is 186 Å². The third-order valence-corrected chi connectivity index (χ3v) is 6.43. The van der Waals surface area contributed by atoms with E-state index in [2.05, 4.69) is 27.2 Å². The van der Waals surface area contributed by atoms with Crippen LogP contribution in [-0.4, -0.2) is 61.6 Å². The first-order valence-electron chi connectivity index (χ1n) is 11.1. The maximum absolute atomic E-state index is 12.4. The molecule has 0 aromatic heterocycles. The SMILES string of the molecule is O=C1CCC(N2CCc3c(N4CCN(OC(=O)c5ccccc5)CC4)cccc32)C(=O)N1. The minimum Gasteiger partial charge on any atom is -0.368 e. The van der Waals surface area contributed by atoms with Crippen molar-refractivity contribution < 1.29 is 19.2 Å². The van der Waals surface area contributed by atoms with Gasteiger partial charge < -0.3 is 14.6 Å². The molecule has 0 radical (unpaired) electrons. The van der Waals surface area contributed by atoms with Gasteiger partial charge in [-0.1, -0.05) is 24.3 Å². The molecule has 1 N–H and O–H groups in total. The fraction of sp³-hybridized carbons (Fsp3) is 0.375. The van der Waals surface area contributed by atoms with Crippen LogP contribution in [0.1, 0.15) is 28.8 Å². The lowest BCUT2D eigenvalue weighted by atomic mass is 10.0. The topological polar surface area (TPSA) is 82.2 Å². The average molecular weight is 434 g/mol. The van der Waals surface area contributed by atoms with E-state index in [-0.39, 0.29) is 23.8 Å². The summed E-state index contributed by atoms with van der Waals surface area (Å²) in [6, 6.07) is 14.9. The molecule has 32 heavy (non-hydrogen) atoms. The Bertz CT molecular complexity index is 1030. The second-order valence-corrected chi connectivity index (χ2v) is 8.35. The second-order valence-electron chi connectivity index (χ2n) is 8.35. The van der Waals surface area contributed by atoms with E-state index in [0.29, 0.717) is 31.5 Å². The van der Waals surface area contributed by atoms with Crippen molar-refractivity contribution in [1.82, 2.24) is 10.4 Å². The van der Waals surface area contributed by atoms with Crippen molar-refractivity contribution in [3.05, 3.63) is 59.7 Å². The standard InChI is InChI=1S/C24H26N4O4/c29-22-10-9-21(23(30)25-22)28-12-11-18-19(7-4-8-20(18)28)26-13-15-27(16-14-26)32-24(31)17-5-2-1-3-6-17/h1-8,21H,9-16H2,(H,25,29,30). The summed E-state index contributed by atoms with van der Waals surface area (Å²) >= 11 is 0. The summed E-state index contributed by atoms with van der Waals surface area (Å²) in [6.45, 7) is 3.51. The first-order chi connectivity index (χ1) is 15.6. The summed E-state index contributed by atoms with van der Waals surface area (Å²) < 4.78 is 0. The van der Waals surface area contributed by atoms with E-state index in [1.165, 1.54) is 11.3 Å². The van der Waals surface area contributed by atoms with E-state index in [1.807, 2.05) is 24.3 Å². The summed E-state index contributed by atoms with van der Waals surface area (Å²) in [5, 5.41) is 4.20. The van der Waals surface area contributed by atoms with Gasteiger partial charge in [-0.2, -0.15) is 0 Å². The van der Waals surface area contributed by atoms with Crippen molar-refractivity contribution in [2.24, 2.45) is 0 Å². The van der Waals surface area contributed by atoms with Gasteiger partial charge in [-0.25, -0.2) is 4.79 Å². The van der Waals surface area contributed by atoms with Crippen LogP contribution in [0.4, 0.5) is 11.4 Å². The van der Waals surface area contributed by atoms with Gasteiger partial charge >= 0.3 is 5.97 Å². The van der Waals surface area contributed by atoms with E-state index >= 15 is 0 Å². The number of hydroxylamine groups is 2. The summed E-state index contributed by atoms with van der Waals surface area (Å²) in [6.07, 6.45) is 1.80. The van der Waals surface area contributed by atoms with E-state index < -0.39 is 0 Å². The molecule has 2 aromatic rings. The highest BCUT2D eigenvalue weighted by Crippen LogP contribution is 2.38. The minimum absolute atomic E-state index is 0.190. The molecular formula is C24H26N4O4. The van der Waals surface area contributed by atoms with Gasteiger partial charge in [-0.05, 0) is 37.1 Å². The zero-order valence-electron chi connectivity index (χ0n) is 17.8. The number of piperidine rings is 1. The predicted octanol–water partition coefficient (Wildman–Crippen LogP) is 1.75. The molecule has 8 heteroatoms. The highest BCUT2D eigenvalue weighted by molar-refractivity contribution is 6.02. The molecule has 0 bridgehead atoms. The number of imide groups is 1. The first kappa shape index (κ1) is 20.5. The van der Waals surface area contributed by atoms with Gasteiger partial charge in [-0.15, -0.1) is 5.06 Å². The molecule has 3 aliphatic heterocycles. The van der Waals surface area contributed by atoms with Gasteiger partial charge in [-0.3, -0.25) is 14.9 Å². The molecule has 1 unspecified atom stereocenters. The van der Waals surface area contributed by atoms with Crippen molar-refractivity contribution in [2.75, 3.05) is 42.5 Å². The van der Waals surface area contributed by atoms with E-state index in [9.17, 15) is 14.4 Å².